The van der Waals surface area contributed by atoms with Gasteiger partial charge >= 0.3 is 0 Å². The van der Waals surface area contributed by atoms with Crippen molar-refractivity contribution in [3.8, 4) is 0 Å². The Bertz CT molecular complexity index is 344. The van der Waals surface area contributed by atoms with Crippen molar-refractivity contribution in [3.05, 3.63) is 11.1 Å². The SMILES string of the molecule is CCCC[C@@H]1C[NH+]2CCC3=C(CCCC3)[C@@]2(C)C1. The summed E-state index contributed by atoms with van der Waals surface area (Å²) >= 11 is 0. The molecule has 102 valence electrons. The topological polar surface area (TPSA) is 4.44 Å². The summed E-state index contributed by atoms with van der Waals surface area (Å²) < 4.78 is 0. The third-order valence-electron chi connectivity index (χ3n) is 5.95. The predicted octanol–water partition coefficient (Wildman–Crippen LogP) is 3.11. The van der Waals surface area contributed by atoms with Gasteiger partial charge in [0.25, 0.3) is 0 Å². The molecule has 1 heteroatoms. The number of rotatable bonds is 3. The normalized spacial score (nSPS) is 39.7. The van der Waals surface area contributed by atoms with Gasteiger partial charge in [0.1, 0.15) is 5.54 Å². The molecule has 0 aromatic heterocycles. The Balaban J connectivity index is 1.78. The molecule has 0 radical (unpaired) electrons. The van der Waals surface area contributed by atoms with Gasteiger partial charge in [0.15, 0.2) is 0 Å². The standard InChI is InChI=1S/C17H29N/c1-3-4-7-14-12-17(2)16-9-6-5-8-15(16)10-11-18(17)13-14/h14H,3-13H2,1-2H3/p+1/t14-,17+/m0/s1. The van der Waals surface area contributed by atoms with Gasteiger partial charge in [-0.15, -0.1) is 0 Å². The van der Waals surface area contributed by atoms with Crippen LogP contribution in [0.25, 0.3) is 0 Å². The van der Waals surface area contributed by atoms with Crippen molar-refractivity contribution in [1.82, 2.24) is 0 Å². The van der Waals surface area contributed by atoms with Gasteiger partial charge in [-0.2, -0.15) is 0 Å². The first-order valence-corrected chi connectivity index (χ1v) is 8.30. The zero-order chi connectivity index (χ0) is 12.6. The Morgan fingerprint density at radius 1 is 1.22 bits per heavy atom. The van der Waals surface area contributed by atoms with Gasteiger partial charge in [-0.05, 0) is 44.6 Å². The molecular formula is C17H30N+. The molecule has 0 saturated carbocycles. The Morgan fingerprint density at radius 3 is 2.89 bits per heavy atom. The predicted molar refractivity (Wildman–Crippen MR) is 76.8 cm³/mol. The van der Waals surface area contributed by atoms with Gasteiger partial charge in [0.05, 0.1) is 13.1 Å². The fourth-order valence-corrected chi connectivity index (χ4v) is 4.99. The van der Waals surface area contributed by atoms with Gasteiger partial charge in [-0.1, -0.05) is 25.3 Å². The zero-order valence-electron chi connectivity index (χ0n) is 12.4. The average molecular weight is 248 g/mol. The minimum atomic E-state index is 0.548. The summed E-state index contributed by atoms with van der Waals surface area (Å²) in [4.78, 5) is 1.93. The highest BCUT2D eigenvalue weighted by molar-refractivity contribution is 5.28. The maximum atomic E-state index is 2.59. The fraction of sp³-hybridized carbons (Fsp3) is 0.882. The molecule has 3 aliphatic rings. The van der Waals surface area contributed by atoms with Crippen molar-refractivity contribution in [2.45, 2.75) is 77.2 Å². The second kappa shape index (κ2) is 5.00. The second-order valence-corrected chi connectivity index (χ2v) is 7.14. The van der Waals surface area contributed by atoms with E-state index in [0.717, 1.165) is 5.92 Å². The van der Waals surface area contributed by atoms with Gasteiger partial charge < -0.3 is 4.90 Å². The van der Waals surface area contributed by atoms with Gasteiger partial charge in [-0.3, -0.25) is 0 Å². The number of unbranched alkanes of at least 4 members (excludes halogenated alkanes) is 1. The Labute approximate surface area is 113 Å². The quantitative estimate of drug-likeness (QED) is 0.732. The van der Waals surface area contributed by atoms with Gasteiger partial charge in [0.2, 0.25) is 0 Å². The summed E-state index contributed by atoms with van der Waals surface area (Å²) in [6.45, 7) is 7.82. The van der Waals surface area contributed by atoms with Crippen LogP contribution >= 0.6 is 0 Å². The van der Waals surface area contributed by atoms with Gasteiger partial charge in [-0.25, -0.2) is 0 Å². The lowest BCUT2D eigenvalue weighted by Crippen LogP contribution is -3.18. The number of nitrogens with one attached hydrogen (secondary N) is 1. The number of fused-ring (bicyclic) bond motifs is 2. The summed E-state index contributed by atoms with van der Waals surface area (Å²) in [5, 5.41) is 0. The van der Waals surface area contributed by atoms with E-state index < -0.39 is 0 Å². The lowest BCUT2D eigenvalue weighted by atomic mass is 9.74. The molecule has 3 atom stereocenters. The second-order valence-electron chi connectivity index (χ2n) is 7.14. The molecule has 18 heavy (non-hydrogen) atoms. The highest BCUT2D eigenvalue weighted by Gasteiger charge is 2.50. The van der Waals surface area contributed by atoms with Crippen LogP contribution in [0.1, 0.15) is 71.6 Å². The molecule has 0 aromatic rings. The van der Waals surface area contributed by atoms with E-state index in [1.165, 1.54) is 70.9 Å². The van der Waals surface area contributed by atoms with Crippen molar-refractivity contribution >= 4 is 0 Å². The van der Waals surface area contributed by atoms with Crippen LogP contribution in [0.15, 0.2) is 11.1 Å². The van der Waals surface area contributed by atoms with Crippen molar-refractivity contribution in [2.24, 2.45) is 5.92 Å². The molecule has 2 heterocycles. The van der Waals surface area contributed by atoms with Crippen LogP contribution in [0.4, 0.5) is 0 Å². The molecule has 1 saturated heterocycles. The number of quaternary nitrogens is 1. The van der Waals surface area contributed by atoms with E-state index >= 15 is 0 Å². The molecule has 0 bridgehead atoms. The van der Waals surface area contributed by atoms with E-state index in [-0.39, 0.29) is 0 Å². The van der Waals surface area contributed by atoms with Crippen molar-refractivity contribution < 1.29 is 4.90 Å². The van der Waals surface area contributed by atoms with Crippen molar-refractivity contribution in [1.29, 1.82) is 0 Å². The first-order chi connectivity index (χ1) is 8.74. The summed E-state index contributed by atoms with van der Waals surface area (Å²) in [7, 11) is 0. The number of hydrogen-bond acceptors (Lipinski definition) is 0. The van der Waals surface area contributed by atoms with Crippen molar-refractivity contribution in [2.75, 3.05) is 13.1 Å². The molecule has 1 aliphatic carbocycles. The Kier molecular flexibility index (Phi) is 3.53. The highest BCUT2D eigenvalue weighted by Crippen LogP contribution is 2.40. The third-order valence-corrected chi connectivity index (χ3v) is 5.95. The summed E-state index contributed by atoms with van der Waals surface area (Å²) in [5.41, 5.74) is 4.34. The lowest BCUT2D eigenvalue weighted by Gasteiger charge is -2.41. The largest absolute Gasteiger partial charge is 0.326 e. The van der Waals surface area contributed by atoms with Crippen molar-refractivity contribution in [3.63, 3.8) is 0 Å². The Hall–Kier alpha value is -0.300. The molecule has 0 aromatic carbocycles. The van der Waals surface area contributed by atoms with E-state index in [0.29, 0.717) is 5.54 Å². The molecule has 3 rings (SSSR count). The average Bonchev–Trinajstić information content (AvgIpc) is 2.73. The highest BCUT2D eigenvalue weighted by atomic mass is 15.2. The summed E-state index contributed by atoms with van der Waals surface area (Å²) in [6.07, 6.45) is 13.0. The lowest BCUT2D eigenvalue weighted by molar-refractivity contribution is -0.934. The van der Waals surface area contributed by atoms with E-state index in [2.05, 4.69) is 13.8 Å². The van der Waals surface area contributed by atoms with Crippen LogP contribution in [0.5, 0.6) is 0 Å². The monoisotopic (exact) mass is 248 g/mol. The van der Waals surface area contributed by atoms with E-state index in [4.69, 9.17) is 0 Å². The molecular weight excluding hydrogens is 218 g/mol. The van der Waals surface area contributed by atoms with Crippen LogP contribution in [-0.4, -0.2) is 18.6 Å². The first-order valence-electron chi connectivity index (χ1n) is 8.30. The molecule has 1 unspecified atom stereocenters. The molecule has 0 amide bonds. The van der Waals surface area contributed by atoms with Gasteiger partial charge in [0, 0.05) is 18.8 Å². The molecule has 2 aliphatic heterocycles. The molecule has 0 spiro atoms. The maximum absolute atomic E-state index is 2.59. The third kappa shape index (κ3) is 2.05. The number of hydrogen-bond donors (Lipinski definition) is 1. The minimum absolute atomic E-state index is 0.548. The van der Waals surface area contributed by atoms with Crippen LogP contribution in [0.2, 0.25) is 0 Å². The fourth-order valence-electron chi connectivity index (χ4n) is 4.99. The van der Waals surface area contributed by atoms with E-state index in [9.17, 15) is 0 Å². The van der Waals surface area contributed by atoms with Crippen LogP contribution in [0, 0.1) is 5.92 Å². The molecule has 1 fully saturated rings. The van der Waals surface area contributed by atoms with Crippen LogP contribution < -0.4 is 4.90 Å². The first kappa shape index (κ1) is 12.7. The molecule has 1 N–H and O–H groups in total. The molecule has 1 nitrogen and oxygen atoms in total. The maximum Gasteiger partial charge on any atom is 0.117 e. The zero-order valence-corrected chi connectivity index (χ0v) is 12.4. The van der Waals surface area contributed by atoms with Crippen LogP contribution in [0.3, 0.4) is 0 Å². The van der Waals surface area contributed by atoms with E-state index in [1.807, 2.05) is 16.0 Å². The Morgan fingerprint density at radius 2 is 2.06 bits per heavy atom. The van der Waals surface area contributed by atoms with Crippen LogP contribution in [-0.2, 0) is 0 Å². The smallest absolute Gasteiger partial charge is 0.117 e. The van der Waals surface area contributed by atoms with E-state index in [1.54, 1.807) is 0 Å². The summed E-state index contributed by atoms with van der Waals surface area (Å²) in [5.74, 6) is 1.01. The summed E-state index contributed by atoms with van der Waals surface area (Å²) in [6, 6.07) is 0. The minimum Gasteiger partial charge on any atom is -0.326 e.